The van der Waals surface area contributed by atoms with Crippen LogP contribution in [0.1, 0.15) is 44.9 Å². The molecule has 1 aromatic carbocycles. The average molecular weight is 429 g/mol. The molecule has 1 amide bonds. The number of rotatable bonds is 7. The van der Waals surface area contributed by atoms with Gasteiger partial charge in [0, 0.05) is 25.0 Å². The summed E-state index contributed by atoms with van der Waals surface area (Å²) in [5.41, 5.74) is 0.938. The Morgan fingerprint density at radius 3 is 2.77 bits per heavy atom. The van der Waals surface area contributed by atoms with Gasteiger partial charge in [-0.2, -0.15) is 0 Å². The van der Waals surface area contributed by atoms with Crippen molar-refractivity contribution in [1.82, 2.24) is 20.2 Å². The Hall–Kier alpha value is -1.70. The molecule has 0 radical (unpaired) electrons. The van der Waals surface area contributed by atoms with E-state index in [0.717, 1.165) is 54.6 Å². The smallest absolute Gasteiger partial charge is 0.233 e. The standard InChI is InChI=1S/C23H32N4O2S/c1-17(22(28)24-15-18-7-3-2-4-8-18)30-23-19-9-5-6-10-20(19)25-21(26-23)16-27-11-13-29-14-12-27/h5-6,9-10,17-18H,2-4,7-8,11-16H2,1H3,(H,24,28). The number of hydrogen-bond acceptors (Lipinski definition) is 6. The molecule has 4 rings (SSSR count). The molecule has 30 heavy (non-hydrogen) atoms. The third kappa shape index (κ3) is 5.71. The monoisotopic (exact) mass is 428 g/mol. The third-order valence-electron chi connectivity index (χ3n) is 6.03. The number of carbonyl (C=O) groups is 1. The van der Waals surface area contributed by atoms with E-state index in [-0.39, 0.29) is 11.2 Å². The molecule has 1 aliphatic carbocycles. The molecule has 1 aromatic heterocycles. The second kappa shape index (κ2) is 10.6. The summed E-state index contributed by atoms with van der Waals surface area (Å²) in [6.45, 7) is 6.80. The highest BCUT2D eigenvalue weighted by Gasteiger charge is 2.21. The van der Waals surface area contributed by atoms with Gasteiger partial charge in [0.1, 0.15) is 10.9 Å². The summed E-state index contributed by atoms with van der Waals surface area (Å²) in [7, 11) is 0. The molecular formula is C23H32N4O2S. The number of fused-ring (bicyclic) bond motifs is 1. The second-order valence-electron chi connectivity index (χ2n) is 8.36. The highest BCUT2D eigenvalue weighted by molar-refractivity contribution is 8.00. The van der Waals surface area contributed by atoms with Crippen LogP contribution in [0.15, 0.2) is 29.3 Å². The van der Waals surface area contributed by atoms with Gasteiger partial charge in [-0.3, -0.25) is 9.69 Å². The number of nitrogens with one attached hydrogen (secondary N) is 1. The molecule has 2 fully saturated rings. The number of nitrogens with zero attached hydrogens (tertiary/aromatic N) is 3. The first kappa shape index (κ1) is 21.5. The molecule has 2 heterocycles. The lowest BCUT2D eigenvalue weighted by molar-refractivity contribution is -0.120. The first-order valence-electron chi connectivity index (χ1n) is 11.2. The number of ether oxygens (including phenoxy) is 1. The van der Waals surface area contributed by atoms with Crippen molar-refractivity contribution < 1.29 is 9.53 Å². The van der Waals surface area contributed by atoms with Crippen LogP contribution in [-0.4, -0.2) is 58.9 Å². The molecule has 1 atom stereocenters. The maximum Gasteiger partial charge on any atom is 0.233 e. The van der Waals surface area contributed by atoms with E-state index in [1.54, 1.807) is 0 Å². The number of aromatic nitrogens is 2. The van der Waals surface area contributed by atoms with Gasteiger partial charge in [-0.25, -0.2) is 9.97 Å². The lowest BCUT2D eigenvalue weighted by Crippen LogP contribution is -2.36. The summed E-state index contributed by atoms with van der Waals surface area (Å²) < 4.78 is 5.45. The number of carbonyl (C=O) groups excluding carboxylic acids is 1. The number of morpholine rings is 1. The van der Waals surface area contributed by atoms with Gasteiger partial charge >= 0.3 is 0 Å². The molecular weight excluding hydrogens is 396 g/mol. The Balaban J connectivity index is 1.44. The average Bonchev–Trinajstić information content (AvgIpc) is 2.79. The Labute approximate surface area is 183 Å². The van der Waals surface area contributed by atoms with E-state index < -0.39 is 0 Å². The Morgan fingerprint density at radius 1 is 1.20 bits per heavy atom. The molecule has 1 aliphatic heterocycles. The number of hydrogen-bond donors (Lipinski definition) is 1. The fraction of sp³-hybridized carbons (Fsp3) is 0.609. The molecule has 6 nitrogen and oxygen atoms in total. The highest BCUT2D eigenvalue weighted by Crippen LogP contribution is 2.29. The van der Waals surface area contributed by atoms with Gasteiger partial charge in [0.25, 0.3) is 0 Å². The van der Waals surface area contributed by atoms with Gasteiger partial charge in [-0.05, 0) is 31.7 Å². The van der Waals surface area contributed by atoms with Gasteiger partial charge in [0.2, 0.25) is 5.91 Å². The van der Waals surface area contributed by atoms with Crippen LogP contribution >= 0.6 is 11.8 Å². The maximum atomic E-state index is 12.7. The summed E-state index contributed by atoms with van der Waals surface area (Å²) in [6, 6.07) is 8.08. The van der Waals surface area contributed by atoms with Crippen molar-refractivity contribution in [2.24, 2.45) is 5.92 Å². The van der Waals surface area contributed by atoms with Crippen molar-refractivity contribution >= 4 is 28.6 Å². The first-order chi connectivity index (χ1) is 14.7. The van der Waals surface area contributed by atoms with Gasteiger partial charge in [-0.15, -0.1) is 0 Å². The van der Waals surface area contributed by atoms with Crippen LogP contribution in [0.5, 0.6) is 0 Å². The number of benzene rings is 1. The molecule has 2 aromatic rings. The SMILES string of the molecule is CC(Sc1nc(CN2CCOCC2)nc2ccccc12)C(=O)NCC1CCCCC1. The summed E-state index contributed by atoms with van der Waals surface area (Å²) in [5.74, 6) is 1.55. The quantitative estimate of drug-likeness (QED) is 0.536. The molecule has 0 spiro atoms. The fourth-order valence-corrected chi connectivity index (χ4v) is 5.20. The van der Waals surface area contributed by atoms with Crippen LogP contribution in [0.3, 0.4) is 0 Å². The van der Waals surface area contributed by atoms with Crippen LogP contribution < -0.4 is 5.32 Å². The first-order valence-corrected chi connectivity index (χ1v) is 12.1. The van der Waals surface area contributed by atoms with Gasteiger partial charge in [0.05, 0.1) is 30.5 Å². The van der Waals surface area contributed by atoms with Crippen molar-refractivity contribution in [3.05, 3.63) is 30.1 Å². The highest BCUT2D eigenvalue weighted by atomic mass is 32.2. The molecule has 1 saturated heterocycles. The van der Waals surface area contributed by atoms with Crippen LogP contribution in [0.2, 0.25) is 0 Å². The van der Waals surface area contributed by atoms with Crippen LogP contribution in [-0.2, 0) is 16.1 Å². The predicted molar refractivity (Wildman–Crippen MR) is 121 cm³/mol. The Kier molecular flexibility index (Phi) is 7.57. The molecule has 7 heteroatoms. The van der Waals surface area contributed by atoms with E-state index in [1.807, 2.05) is 31.2 Å². The summed E-state index contributed by atoms with van der Waals surface area (Å²) in [5, 5.41) is 4.89. The summed E-state index contributed by atoms with van der Waals surface area (Å²) in [6.07, 6.45) is 6.41. The lowest BCUT2D eigenvalue weighted by Gasteiger charge is -2.26. The minimum atomic E-state index is -0.192. The molecule has 1 N–H and O–H groups in total. The molecule has 2 aliphatic rings. The van der Waals surface area contributed by atoms with Crippen molar-refractivity contribution in [3.63, 3.8) is 0 Å². The Bertz CT molecular complexity index is 850. The number of thioether (sulfide) groups is 1. The van der Waals surface area contributed by atoms with Gasteiger partial charge in [0.15, 0.2) is 0 Å². The predicted octanol–water partition coefficient (Wildman–Crippen LogP) is 3.64. The van der Waals surface area contributed by atoms with Crippen LogP contribution in [0.4, 0.5) is 0 Å². The van der Waals surface area contributed by atoms with Gasteiger partial charge < -0.3 is 10.1 Å². The van der Waals surface area contributed by atoms with E-state index in [0.29, 0.717) is 12.5 Å². The topological polar surface area (TPSA) is 67.3 Å². The maximum absolute atomic E-state index is 12.7. The van der Waals surface area contributed by atoms with E-state index in [4.69, 9.17) is 14.7 Å². The molecule has 162 valence electrons. The van der Waals surface area contributed by atoms with Crippen molar-refractivity contribution in [2.75, 3.05) is 32.8 Å². The molecule has 1 saturated carbocycles. The summed E-state index contributed by atoms with van der Waals surface area (Å²) >= 11 is 1.54. The van der Waals surface area contributed by atoms with E-state index in [9.17, 15) is 4.79 Å². The van der Waals surface area contributed by atoms with Crippen LogP contribution in [0.25, 0.3) is 10.9 Å². The Morgan fingerprint density at radius 2 is 1.97 bits per heavy atom. The molecule has 0 bridgehead atoms. The fourth-order valence-electron chi connectivity index (χ4n) is 4.21. The second-order valence-corrected chi connectivity index (χ2v) is 9.69. The van der Waals surface area contributed by atoms with Crippen molar-refractivity contribution in [2.45, 2.75) is 55.8 Å². The zero-order valence-corrected chi connectivity index (χ0v) is 18.6. The number of amides is 1. The van der Waals surface area contributed by atoms with E-state index >= 15 is 0 Å². The zero-order valence-electron chi connectivity index (χ0n) is 17.8. The van der Waals surface area contributed by atoms with Crippen LogP contribution in [0, 0.1) is 5.92 Å². The zero-order chi connectivity index (χ0) is 20.8. The largest absolute Gasteiger partial charge is 0.379 e. The van der Waals surface area contributed by atoms with E-state index in [1.165, 1.54) is 43.9 Å². The van der Waals surface area contributed by atoms with Crippen molar-refractivity contribution in [3.8, 4) is 0 Å². The lowest BCUT2D eigenvalue weighted by atomic mass is 9.89. The minimum Gasteiger partial charge on any atom is -0.379 e. The van der Waals surface area contributed by atoms with Gasteiger partial charge in [-0.1, -0.05) is 49.2 Å². The summed E-state index contributed by atoms with van der Waals surface area (Å²) in [4.78, 5) is 24.7. The molecule has 1 unspecified atom stereocenters. The van der Waals surface area contributed by atoms with E-state index in [2.05, 4.69) is 10.2 Å². The minimum absolute atomic E-state index is 0.1000. The van der Waals surface area contributed by atoms with Crippen molar-refractivity contribution in [1.29, 1.82) is 0 Å². The normalized spacial score (nSPS) is 19.6. The third-order valence-corrected chi connectivity index (χ3v) is 7.13. The number of para-hydroxylation sites is 1.